The first-order valence-corrected chi connectivity index (χ1v) is 6.50. The molecule has 122 valence electrons. The Hall–Kier alpha value is -2.30. The molecule has 23 heavy (non-hydrogen) atoms. The molecule has 1 heterocycles. The number of aliphatic imine (C=N–C) groups is 1. The van der Waals surface area contributed by atoms with E-state index in [4.69, 9.17) is 0 Å². The first-order chi connectivity index (χ1) is 10.6. The second-order valence-electron chi connectivity index (χ2n) is 4.95. The zero-order valence-electron chi connectivity index (χ0n) is 11.5. The van der Waals surface area contributed by atoms with Gasteiger partial charge in [-0.2, -0.15) is 31.6 Å². The highest BCUT2D eigenvalue weighted by molar-refractivity contribution is 5.96. The van der Waals surface area contributed by atoms with Crippen LogP contribution in [-0.2, 0) is 6.18 Å². The minimum absolute atomic E-state index is 0.161. The molecule has 0 N–H and O–H groups in total. The van der Waals surface area contributed by atoms with Gasteiger partial charge in [0.1, 0.15) is 5.92 Å². The van der Waals surface area contributed by atoms with Crippen LogP contribution >= 0.6 is 0 Å². The van der Waals surface area contributed by atoms with E-state index >= 15 is 0 Å². The van der Waals surface area contributed by atoms with Gasteiger partial charge in [0.05, 0.1) is 23.3 Å². The molecular formula is C15H10F6N2. The lowest BCUT2D eigenvalue weighted by atomic mass is 9.84. The maximum Gasteiger partial charge on any atom is 0.416 e. The Kier molecular flexibility index (Phi) is 4.50. The molecule has 1 aromatic carbocycles. The summed E-state index contributed by atoms with van der Waals surface area (Å²) < 4.78 is 77.4. The fraction of sp³-hybridized carbons (Fsp3) is 0.333. The highest BCUT2D eigenvalue weighted by Crippen LogP contribution is 2.38. The van der Waals surface area contributed by atoms with Gasteiger partial charge in [0.2, 0.25) is 0 Å². The molecule has 1 aromatic rings. The van der Waals surface area contributed by atoms with Gasteiger partial charge in [0.25, 0.3) is 0 Å². The number of nitriles is 1. The average Bonchev–Trinajstić information content (AvgIpc) is 2.47. The molecule has 0 saturated heterocycles. The van der Waals surface area contributed by atoms with Gasteiger partial charge >= 0.3 is 12.4 Å². The molecule has 0 saturated carbocycles. The van der Waals surface area contributed by atoms with Crippen molar-refractivity contribution >= 4 is 5.71 Å². The first kappa shape index (κ1) is 17.1. The molecule has 1 aliphatic heterocycles. The summed E-state index contributed by atoms with van der Waals surface area (Å²) in [5.41, 5.74) is -1.67. The van der Waals surface area contributed by atoms with Crippen molar-refractivity contribution in [1.82, 2.24) is 0 Å². The minimum Gasteiger partial charge on any atom is -0.264 e. The van der Waals surface area contributed by atoms with Crippen molar-refractivity contribution in [3.05, 3.63) is 47.7 Å². The number of halogens is 6. The molecule has 2 atom stereocenters. The Morgan fingerprint density at radius 2 is 1.87 bits per heavy atom. The number of alkyl halides is 6. The van der Waals surface area contributed by atoms with Crippen LogP contribution in [0.15, 0.2) is 41.5 Å². The summed E-state index contributed by atoms with van der Waals surface area (Å²) >= 11 is 0. The molecule has 0 radical (unpaired) electrons. The molecule has 2 nitrogen and oxygen atoms in total. The van der Waals surface area contributed by atoms with E-state index in [0.717, 1.165) is 18.3 Å². The standard InChI is InChI=1S/C15H10F6N2/c16-14(17,18)10-4-1-3-9(7-10)11(8-22)13-12(15(19,20)21)5-2-6-23-13/h1-4,6-7,11-12H,5H2/t11-,12+/m1/s1. The van der Waals surface area contributed by atoms with Crippen molar-refractivity contribution in [2.24, 2.45) is 10.9 Å². The SMILES string of the molecule is N#C[C@@H](C1=NC=CC[C@@H]1C(F)(F)F)c1cccc(C(F)(F)F)c1. The zero-order valence-corrected chi connectivity index (χ0v) is 11.5. The Morgan fingerprint density at radius 3 is 2.43 bits per heavy atom. The van der Waals surface area contributed by atoms with Gasteiger partial charge in [0, 0.05) is 6.20 Å². The third-order valence-corrected chi connectivity index (χ3v) is 3.43. The molecule has 0 aliphatic carbocycles. The largest absolute Gasteiger partial charge is 0.416 e. The van der Waals surface area contributed by atoms with Crippen LogP contribution in [0.1, 0.15) is 23.5 Å². The van der Waals surface area contributed by atoms with Crippen LogP contribution in [0.4, 0.5) is 26.3 Å². The van der Waals surface area contributed by atoms with E-state index in [-0.39, 0.29) is 12.0 Å². The highest BCUT2D eigenvalue weighted by Gasteiger charge is 2.45. The summed E-state index contributed by atoms with van der Waals surface area (Å²) in [7, 11) is 0. The van der Waals surface area contributed by atoms with E-state index < -0.39 is 35.5 Å². The van der Waals surface area contributed by atoms with Crippen LogP contribution in [0.3, 0.4) is 0 Å². The lowest BCUT2D eigenvalue weighted by Gasteiger charge is -2.26. The Labute approximate surface area is 127 Å². The van der Waals surface area contributed by atoms with Gasteiger partial charge in [0.15, 0.2) is 0 Å². The lowest BCUT2D eigenvalue weighted by Crippen LogP contribution is -2.34. The van der Waals surface area contributed by atoms with Gasteiger partial charge < -0.3 is 0 Å². The summed E-state index contributed by atoms with van der Waals surface area (Å²) in [6.45, 7) is 0. The average molecular weight is 332 g/mol. The third-order valence-electron chi connectivity index (χ3n) is 3.43. The lowest BCUT2D eigenvalue weighted by molar-refractivity contribution is -0.155. The van der Waals surface area contributed by atoms with Gasteiger partial charge in [-0.3, -0.25) is 4.99 Å². The molecular weight excluding hydrogens is 322 g/mol. The van der Waals surface area contributed by atoms with Crippen molar-refractivity contribution in [3.63, 3.8) is 0 Å². The fourth-order valence-corrected chi connectivity index (χ4v) is 2.33. The molecule has 0 fully saturated rings. The van der Waals surface area contributed by atoms with E-state index in [1.54, 1.807) is 6.07 Å². The quantitative estimate of drug-likeness (QED) is 0.713. The van der Waals surface area contributed by atoms with Crippen molar-refractivity contribution in [1.29, 1.82) is 5.26 Å². The van der Waals surface area contributed by atoms with E-state index in [2.05, 4.69) is 4.99 Å². The Morgan fingerprint density at radius 1 is 1.17 bits per heavy atom. The van der Waals surface area contributed by atoms with Crippen LogP contribution in [0.25, 0.3) is 0 Å². The van der Waals surface area contributed by atoms with E-state index in [9.17, 15) is 31.6 Å². The predicted molar refractivity (Wildman–Crippen MR) is 70.5 cm³/mol. The highest BCUT2D eigenvalue weighted by atomic mass is 19.4. The smallest absolute Gasteiger partial charge is 0.264 e. The van der Waals surface area contributed by atoms with Crippen molar-refractivity contribution in [2.45, 2.75) is 24.7 Å². The maximum atomic E-state index is 13.1. The molecule has 0 aromatic heterocycles. The molecule has 0 unspecified atom stereocenters. The molecule has 2 rings (SSSR count). The predicted octanol–water partition coefficient (Wildman–Crippen LogP) is 4.85. The first-order valence-electron chi connectivity index (χ1n) is 6.50. The molecule has 8 heteroatoms. The number of rotatable bonds is 2. The second-order valence-corrected chi connectivity index (χ2v) is 4.95. The number of hydrogen-bond donors (Lipinski definition) is 0. The van der Waals surface area contributed by atoms with Crippen LogP contribution < -0.4 is 0 Å². The monoisotopic (exact) mass is 332 g/mol. The van der Waals surface area contributed by atoms with Crippen molar-refractivity contribution < 1.29 is 26.3 Å². The van der Waals surface area contributed by atoms with E-state index in [0.29, 0.717) is 6.07 Å². The van der Waals surface area contributed by atoms with Crippen LogP contribution in [0, 0.1) is 17.2 Å². The van der Waals surface area contributed by atoms with Crippen molar-refractivity contribution in [2.75, 3.05) is 0 Å². The second kappa shape index (κ2) is 6.07. The summed E-state index contributed by atoms with van der Waals surface area (Å²) in [6, 6.07) is 5.36. The summed E-state index contributed by atoms with van der Waals surface area (Å²) in [4.78, 5) is 3.63. The number of nitrogens with zero attached hydrogens (tertiary/aromatic N) is 2. The summed E-state index contributed by atoms with van der Waals surface area (Å²) in [5, 5.41) is 9.21. The van der Waals surface area contributed by atoms with Gasteiger partial charge in [-0.1, -0.05) is 24.3 Å². The maximum absolute atomic E-state index is 13.1. The Balaban J connectivity index is 2.46. The summed E-state index contributed by atoms with van der Waals surface area (Å²) in [5.74, 6) is -3.47. The third kappa shape index (κ3) is 3.73. The topological polar surface area (TPSA) is 36.1 Å². The van der Waals surface area contributed by atoms with Crippen LogP contribution in [0.2, 0.25) is 0 Å². The minimum atomic E-state index is -4.65. The van der Waals surface area contributed by atoms with Crippen LogP contribution in [-0.4, -0.2) is 11.9 Å². The van der Waals surface area contributed by atoms with Crippen molar-refractivity contribution in [3.8, 4) is 6.07 Å². The van der Waals surface area contributed by atoms with E-state index in [1.165, 1.54) is 12.1 Å². The molecule has 1 aliphatic rings. The molecule has 0 spiro atoms. The number of benzene rings is 1. The van der Waals surface area contributed by atoms with Gasteiger partial charge in [-0.15, -0.1) is 0 Å². The molecule has 0 amide bonds. The van der Waals surface area contributed by atoms with Gasteiger partial charge in [-0.05, 0) is 18.1 Å². The van der Waals surface area contributed by atoms with Gasteiger partial charge in [-0.25, -0.2) is 0 Å². The Bertz CT molecular complexity index is 678. The number of hydrogen-bond acceptors (Lipinski definition) is 2. The normalized spacial score (nSPS) is 19.9. The van der Waals surface area contributed by atoms with Crippen LogP contribution in [0.5, 0.6) is 0 Å². The number of allylic oxidation sites excluding steroid dienone is 1. The summed E-state index contributed by atoms with van der Waals surface area (Å²) in [6.07, 6.45) is -7.31. The fourth-order valence-electron chi connectivity index (χ4n) is 2.33. The van der Waals surface area contributed by atoms with E-state index in [1.807, 2.05) is 0 Å². The molecule has 0 bridgehead atoms. The zero-order chi connectivity index (χ0) is 17.3.